The topological polar surface area (TPSA) is 52.6 Å². The van der Waals surface area contributed by atoms with Crippen LogP contribution in [0, 0.1) is 0 Å². The monoisotopic (exact) mass is 266 g/mol. The summed E-state index contributed by atoms with van der Waals surface area (Å²) in [5, 5.41) is 12.9. The van der Waals surface area contributed by atoms with Crippen LogP contribution in [0.3, 0.4) is 0 Å². The van der Waals surface area contributed by atoms with Crippen molar-refractivity contribution in [2.75, 3.05) is 25.1 Å². The van der Waals surface area contributed by atoms with Gasteiger partial charge in [0.15, 0.2) is 0 Å². The van der Waals surface area contributed by atoms with Crippen LogP contribution in [0.4, 0.5) is 0 Å². The second-order valence-electron chi connectivity index (χ2n) is 4.40. The lowest BCUT2D eigenvalue weighted by molar-refractivity contribution is -0.132. The molecule has 2 rings (SSSR count). The number of amides is 1. The van der Waals surface area contributed by atoms with Gasteiger partial charge in [0, 0.05) is 37.2 Å². The number of para-hydroxylation sites is 1. The van der Waals surface area contributed by atoms with Crippen LogP contribution in [0.5, 0.6) is 5.75 Å². The van der Waals surface area contributed by atoms with Crippen LogP contribution >= 0.6 is 11.8 Å². The van der Waals surface area contributed by atoms with Crippen molar-refractivity contribution in [1.82, 2.24) is 10.2 Å². The summed E-state index contributed by atoms with van der Waals surface area (Å²) in [5.41, 5.74) is 0.775. The molecule has 2 N–H and O–H groups in total. The molecule has 1 atom stereocenters. The van der Waals surface area contributed by atoms with Gasteiger partial charge in [0.2, 0.25) is 5.91 Å². The summed E-state index contributed by atoms with van der Waals surface area (Å²) in [4.78, 5) is 13.8. The van der Waals surface area contributed by atoms with Gasteiger partial charge in [-0.05, 0) is 6.07 Å². The summed E-state index contributed by atoms with van der Waals surface area (Å²) >= 11 is 1.80. The highest BCUT2D eigenvalue weighted by Gasteiger charge is 2.24. The highest BCUT2D eigenvalue weighted by molar-refractivity contribution is 7.99. The first kappa shape index (κ1) is 13.2. The average molecular weight is 266 g/mol. The number of nitrogens with one attached hydrogen (secondary N) is 1. The largest absolute Gasteiger partial charge is 0.508 e. The van der Waals surface area contributed by atoms with Crippen LogP contribution in [-0.4, -0.2) is 47.1 Å². The van der Waals surface area contributed by atoms with E-state index in [2.05, 4.69) is 5.32 Å². The molecule has 0 radical (unpaired) electrons. The van der Waals surface area contributed by atoms with Crippen molar-refractivity contribution in [2.45, 2.75) is 12.6 Å². The molecular weight excluding hydrogens is 248 g/mol. The van der Waals surface area contributed by atoms with Crippen molar-refractivity contribution in [3.05, 3.63) is 29.8 Å². The molecule has 1 fully saturated rings. The van der Waals surface area contributed by atoms with Crippen LogP contribution in [0.2, 0.25) is 0 Å². The second kappa shape index (κ2) is 6.11. The number of likely N-dealkylation sites (N-methyl/N-ethyl adjacent to an activating group) is 1. The van der Waals surface area contributed by atoms with E-state index < -0.39 is 0 Å². The third-order valence-corrected chi connectivity index (χ3v) is 4.06. The molecule has 1 aliphatic rings. The molecule has 0 aliphatic carbocycles. The van der Waals surface area contributed by atoms with E-state index in [4.69, 9.17) is 0 Å². The summed E-state index contributed by atoms with van der Waals surface area (Å²) in [6.07, 6.45) is 0. The number of carbonyl (C=O) groups is 1. The molecule has 1 amide bonds. The van der Waals surface area contributed by atoms with Crippen molar-refractivity contribution in [3.63, 3.8) is 0 Å². The molecule has 1 saturated heterocycles. The Labute approximate surface area is 111 Å². The maximum Gasteiger partial charge on any atom is 0.240 e. The van der Waals surface area contributed by atoms with Gasteiger partial charge < -0.3 is 15.3 Å². The summed E-state index contributed by atoms with van der Waals surface area (Å²) in [7, 11) is 1.77. The number of phenolic OH excluding ortho intramolecular Hbond substituents is 1. The molecule has 1 heterocycles. The normalized spacial score (nSPS) is 19.5. The van der Waals surface area contributed by atoms with Crippen LogP contribution in [-0.2, 0) is 11.3 Å². The standard InChI is InChI=1S/C13H18N2O2S/c1-15(8-10-4-2-3-5-12(10)16)13(17)11-9-18-7-6-14-11/h2-5,11,14,16H,6-9H2,1H3. The zero-order chi connectivity index (χ0) is 13.0. The molecule has 1 aromatic rings. The van der Waals surface area contributed by atoms with Gasteiger partial charge in [-0.2, -0.15) is 11.8 Å². The van der Waals surface area contributed by atoms with Crippen molar-refractivity contribution < 1.29 is 9.90 Å². The van der Waals surface area contributed by atoms with Crippen LogP contribution < -0.4 is 5.32 Å². The molecular formula is C13H18N2O2S. The number of hydrogen-bond acceptors (Lipinski definition) is 4. The molecule has 1 aromatic carbocycles. The average Bonchev–Trinajstić information content (AvgIpc) is 2.41. The lowest BCUT2D eigenvalue weighted by Gasteiger charge is -2.27. The van der Waals surface area contributed by atoms with Gasteiger partial charge in [-0.15, -0.1) is 0 Å². The Morgan fingerprint density at radius 1 is 1.56 bits per heavy atom. The van der Waals surface area contributed by atoms with E-state index in [-0.39, 0.29) is 17.7 Å². The van der Waals surface area contributed by atoms with Crippen LogP contribution in [0.15, 0.2) is 24.3 Å². The number of thioether (sulfide) groups is 1. The maximum absolute atomic E-state index is 12.2. The fourth-order valence-corrected chi connectivity index (χ4v) is 2.89. The number of benzene rings is 1. The van der Waals surface area contributed by atoms with E-state index in [0.29, 0.717) is 6.54 Å². The first-order chi connectivity index (χ1) is 8.68. The molecule has 4 nitrogen and oxygen atoms in total. The third kappa shape index (κ3) is 3.17. The quantitative estimate of drug-likeness (QED) is 0.859. The Balaban J connectivity index is 1.96. The van der Waals surface area contributed by atoms with Crippen molar-refractivity contribution in [2.24, 2.45) is 0 Å². The van der Waals surface area contributed by atoms with E-state index in [1.807, 2.05) is 12.1 Å². The van der Waals surface area contributed by atoms with Gasteiger partial charge in [-0.1, -0.05) is 18.2 Å². The number of phenols is 1. The first-order valence-electron chi connectivity index (χ1n) is 6.01. The lowest BCUT2D eigenvalue weighted by Crippen LogP contribution is -2.49. The van der Waals surface area contributed by atoms with E-state index in [0.717, 1.165) is 23.6 Å². The number of carbonyl (C=O) groups excluding carboxylic acids is 1. The molecule has 0 aromatic heterocycles. The van der Waals surface area contributed by atoms with Gasteiger partial charge in [0.25, 0.3) is 0 Å². The van der Waals surface area contributed by atoms with E-state index in [9.17, 15) is 9.90 Å². The van der Waals surface area contributed by atoms with Crippen LogP contribution in [0.25, 0.3) is 0 Å². The fourth-order valence-electron chi connectivity index (χ4n) is 1.97. The van der Waals surface area contributed by atoms with Crippen molar-refractivity contribution in [3.8, 4) is 5.75 Å². The molecule has 0 bridgehead atoms. The highest BCUT2D eigenvalue weighted by Crippen LogP contribution is 2.18. The fraction of sp³-hybridized carbons (Fsp3) is 0.462. The Kier molecular flexibility index (Phi) is 4.49. The number of rotatable bonds is 3. The minimum Gasteiger partial charge on any atom is -0.508 e. The molecule has 18 heavy (non-hydrogen) atoms. The Morgan fingerprint density at radius 3 is 3.00 bits per heavy atom. The van der Waals surface area contributed by atoms with Gasteiger partial charge in [-0.25, -0.2) is 0 Å². The minimum atomic E-state index is -0.0976. The lowest BCUT2D eigenvalue weighted by atomic mass is 10.2. The van der Waals surface area contributed by atoms with E-state index in [1.165, 1.54) is 0 Å². The Bertz CT molecular complexity index is 419. The molecule has 0 saturated carbocycles. The van der Waals surface area contributed by atoms with Gasteiger partial charge in [-0.3, -0.25) is 4.79 Å². The van der Waals surface area contributed by atoms with E-state index in [1.54, 1.807) is 35.8 Å². The summed E-state index contributed by atoms with van der Waals surface area (Å²) in [5.74, 6) is 2.21. The molecule has 0 spiro atoms. The predicted molar refractivity (Wildman–Crippen MR) is 73.7 cm³/mol. The predicted octanol–water partition coefficient (Wildman–Crippen LogP) is 1.06. The number of hydrogen-bond donors (Lipinski definition) is 2. The maximum atomic E-state index is 12.2. The first-order valence-corrected chi connectivity index (χ1v) is 7.17. The Morgan fingerprint density at radius 2 is 2.33 bits per heavy atom. The van der Waals surface area contributed by atoms with E-state index >= 15 is 0 Å². The summed E-state index contributed by atoms with van der Waals surface area (Å²) in [6.45, 7) is 1.32. The zero-order valence-electron chi connectivity index (χ0n) is 10.4. The van der Waals surface area contributed by atoms with Gasteiger partial charge in [0.1, 0.15) is 5.75 Å². The van der Waals surface area contributed by atoms with Gasteiger partial charge >= 0.3 is 0 Å². The van der Waals surface area contributed by atoms with Crippen molar-refractivity contribution >= 4 is 17.7 Å². The molecule has 1 unspecified atom stereocenters. The number of nitrogens with zero attached hydrogens (tertiary/aromatic N) is 1. The van der Waals surface area contributed by atoms with Crippen molar-refractivity contribution in [1.29, 1.82) is 0 Å². The highest BCUT2D eigenvalue weighted by atomic mass is 32.2. The zero-order valence-corrected chi connectivity index (χ0v) is 11.2. The smallest absolute Gasteiger partial charge is 0.240 e. The summed E-state index contributed by atoms with van der Waals surface area (Å²) < 4.78 is 0. The second-order valence-corrected chi connectivity index (χ2v) is 5.55. The Hall–Kier alpha value is -1.20. The van der Waals surface area contributed by atoms with Gasteiger partial charge in [0.05, 0.1) is 6.04 Å². The van der Waals surface area contributed by atoms with Crippen LogP contribution in [0.1, 0.15) is 5.56 Å². The third-order valence-electron chi connectivity index (χ3n) is 3.00. The summed E-state index contributed by atoms with van der Waals surface area (Å²) in [6, 6.07) is 7.02. The molecule has 98 valence electrons. The number of aromatic hydroxyl groups is 1. The molecule has 5 heteroatoms. The minimum absolute atomic E-state index is 0.0884. The molecule has 1 aliphatic heterocycles. The SMILES string of the molecule is CN(Cc1ccccc1O)C(=O)C1CSCCN1.